The highest BCUT2D eigenvalue weighted by Crippen LogP contribution is 2.27. The van der Waals surface area contributed by atoms with Crippen molar-refractivity contribution >= 4 is 11.4 Å². The third-order valence-corrected chi connectivity index (χ3v) is 2.49. The predicted octanol–water partition coefficient (Wildman–Crippen LogP) is 1.94. The van der Waals surface area contributed by atoms with Crippen LogP contribution in [0.3, 0.4) is 0 Å². The van der Waals surface area contributed by atoms with Crippen LogP contribution in [0.15, 0.2) is 24.3 Å². The third kappa shape index (κ3) is 1.81. The van der Waals surface area contributed by atoms with E-state index in [0.717, 1.165) is 5.56 Å². The minimum Gasteiger partial charge on any atom is -0.395 e. The van der Waals surface area contributed by atoms with Gasteiger partial charge in [0.2, 0.25) is 5.71 Å². The Morgan fingerprint density at radius 2 is 2.06 bits per heavy atom. The van der Waals surface area contributed by atoms with E-state index in [9.17, 15) is 15.3 Å². The van der Waals surface area contributed by atoms with Gasteiger partial charge in [-0.25, -0.2) is 0 Å². The molecule has 84 valence electrons. The van der Waals surface area contributed by atoms with Crippen LogP contribution in [-0.4, -0.2) is 15.5 Å². The first kappa shape index (κ1) is 10.4. The second-order valence-corrected chi connectivity index (χ2v) is 3.64. The van der Waals surface area contributed by atoms with Gasteiger partial charge in [-0.3, -0.25) is 15.3 Å². The molecule has 6 nitrogen and oxygen atoms in total. The Morgan fingerprint density at radius 1 is 1.44 bits per heavy atom. The highest BCUT2D eigenvalue weighted by Gasteiger charge is 2.25. The Hall–Kier alpha value is -2.11. The molecular formula is C10H10N2O4. The van der Waals surface area contributed by atoms with Crippen LogP contribution >= 0.6 is 0 Å². The molecule has 16 heavy (non-hydrogen) atoms. The second kappa shape index (κ2) is 3.80. The molecule has 0 aromatic heterocycles. The molecule has 1 atom stereocenters. The molecule has 0 saturated heterocycles. The van der Waals surface area contributed by atoms with Gasteiger partial charge < -0.3 is 4.84 Å². The summed E-state index contributed by atoms with van der Waals surface area (Å²) in [6, 6.07) is 6.02. The summed E-state index contributed by atoms with van der Waals surface area (Å²) in [6.07, 6.45) is 0.180. The van der Waals surface area contributed by atoms with Crippen molar-refractivity contribution in [2.75, 3.05) is 0 Å². The zero-order chi connectivity index (χ0) is 11.7. The fourth-order valence-electron chi connectivity index (χ4n) is 1.58. The zero-order valence-electron chi connectivity index (χ0n) is 8.62. The van der Waals surface area contributed by atoms with Crippen molar-refractivity contribution < 1.29 is 14.7 Å². The lowest BCUT2D eigenvalue weighted by Crippen LogP contribution is -2.02. The minimum atomic E-state index is -0.462. The van der Waals surface area contributed by atoms with Crippen molar-refractivity contribution in [3.05, 3.63) is 45.2 Å². The van der Waals surface area contributed by atoms with E-state index in [2.05, 4.69) is 0 Å². The molecule has 0 saturated carbocycles. The number of benzene rings is 1. The van der Waals surface area contributed by atoms with E-state index in [0.29, 0.717) is 17.0 Å². The van der Waals surface area contributed by atoms with Crippen molar-refractivity contribution in [1.82, 2.24) is 0 Å². The molecule has 6 heteroatoms. The van der Waals surface area contributed by atoms with E-state index in [1.807, 2.05) is 0 Å². The highest BCUT2D eigenvalue weighted by atomic mass is 16.9. The molecule has 0 amide bonds. The lowest BCUT2D eigenvalue weighted by molar-refractivity contribution is -0.743. The summed E-state index contributed by atoms with van der Waals surface area (Å²) in [4.78, 5) is 15.5. The quantitative estimate of drug-likeness (QED) is 0.435. The number of hydrogen-bond acceptors (Lipinski definition) is 4. The Kier molecular flexibility index (Phi) is 2.47. The van der Waals surface area contributed by atoms with Gasteiger partial charge >= 0.3 is 0 Å². The molecule has 1 aromatic rings. The monoisotopic (exact) mass is 222 g/mol. The van der Waals surface area contributed by atoms with Crippen molar-refractivity contribution in [3.8, 4) is 0 Å². The highest BCUT2D eigenvalue weighted by molar-refractivity contribution is 5.78. The molecule has 0 spiro atoms. The van der Waals surface area contributed by atoms with E-state index in [1.165, 1.54) is 12.1 Å². The van der Waals surface area contributed by atoms with Crippen molar-refractivity contribution in [3.63, 3.8) is 0 Å². The second-order valence-electron chi connectivity index (χ2n) is 3.64. The fraction of sp³-hybridized carbons (Fsp3) is 0.300. The summed E-state index contributed by atoms with van der Waals surface area (Å²) in [5, 5.41) is 21.5. The number of nitro benzene ring substituents is 1. The molecule has 0 bridgehead atoms. The SMILES string of the molecule is CC1=[N+]([O-])OC(c2ccc([N+](=O)[O-])cc2)C1. The van der Waals surface area contributed by atoms with Crippen LogP contribution in [0.5, 0.6) is 0 Å². The van der Waals surface area contributed by atoms with E-state index < -0.39 is 4.92 Å². The van der Waals surface area contributed by atoms with Crippen molar-refractivity contribution in [1.29, 1.82) is 0 Å². The van der Waals surface area contributed by atoms with Crippen LogP contribution in [0, 0.1) is 15.3 Å². The van der Waals surface area contributed by atoms with Gasteiger partial charge in [0, 0.05) is 24.0 Å². The van der Waals surface area contributed by atoms with Gasteiger partial charge in [0.1, 0.15) is 6.10 Å². The number of hydrogen-bond donors (Lipinski definition) is 0. The number of nitro groups is 1. The first-order chi connectivity index (χ1) is 7.58. The van der Waals surface area contributed by atoms with Gasteiger partial charge in [-0.1, -0.05) is 12.1 Å². The van der Waals surface area contributed by atoms with Gasteiger partial charge in [-0.2, -0.15) is 0 Å². The van der Waals surface area contributed by atoms with E-state index in [4.69, 9.17) is 4.84 Å². The maximum absolute atomic E-state index is 11.1. The summed E-state index contributed by atoms with van der Waals surface area (Å²) >= 11 is 0. The van der Waals surface area contributed by atoms with Crippen molar-refractivity contribution in [2.45, 2.75) is 19.4 Å². The minimum absolute atomic E-state index is 0.0291. The molecule has 1 aliphatic rings. The summed E-state index contributed by atoms with van der Waals surface area (Å²) < 4.78 is 0. The summed E-state index contributed by atoms with van der Waals surface area (Å²) in [5.41, 5.74) is 1.40. The van der Waals surface area contributed by atoms with Crippen molar-refractivity contribution in [2.24, 2.45) is 0 Å². The summed E-state index contributed by atoms with van der Waals surface area (Å²) in [5.74, 6) is 0. The van der Waals surface area contributed by atoms with Crippen LogP contribution in [0.25, 0.3) is 0 Å². The first-order valence-corrected chi connectivity index (χ1v) is 4.79. The molecule has 1 aliphatic heterocycles. The summed E-state index contributed by atoms with van der Waals surface area (Å²) in [7, 11) is 0. The maximum atomic E-state index is 11.1. The Labute approximate surface area is 91.5 Å². The molecule has 2 rings (SSSR count). The zero-order valence-corrected chi connectivity index (χ0v) is 8.62. The molecule has 0 aliphatic carbocycles. The standard InChI is InChI=1S/C10H10N2O4/c1-7-6-10(16-12(7)15)8-2-4-9(5-3-8)11(13)14/h2-5,10H,6H2,1H3. The maximum Gasteiger partial charge on any atom is 0.269 e. The normalized spacial score (nSPS) is 19.7. The van der Waals surface area contributed by atoms with Gasteiger partial charge in [0.05, 0.1) is 11.3 Å². The molecule has 1 aromatic carbocycles. The molecule has 1 heterocycles. The smallest absolute Gasteiger partial charge is 0.269 e. The first-order valence-electron chi connectivity index (χ1n) is 4.79. The average Bonchev–Trinajstić information content (AvgIpc) is 2.59. The van der Waals surface area contributed by atoms with Crippen LogP contribution in [0.1, 0.15) is 25.0 Å². The molecular weight excluding hydrogens is 212 g/mol. The lowest BCUT2D eigenvalue weighted by Gasteiger charge is -2.11. The molecule has 0 radical (unpaired) electrons. The van der Waals surface area contributed by atoms with Gasteiger partial charge in [0.15, 0.2) is 0 Å². The molecule has 0 fully saturated rings. The molecule has 0 N–H and O–H groups in total. The van der Waals surface area contributed by atoms with Gasteiger partial charge in [-0.15, -0.1) is 0 Å². The topological polar surface area (TPSA) is 78.4 Å². The number of nitrogens with zero attached hydrogens (tertiary/aromatic N) is 2. The van der Waals surface area contributed by atoms with E-state index >= 15 is 0 Å². The Balaban J connectivity index is 2.15. The number of non-ortho nitro benzene ring substituents is 1. The van der Waals surface area contributed by atoms with Crippen LogP contribution in [0.4, 0.5) is 5.69 Å². The van der Waals surface area contributed by atoms with E-state index in [-0.39, 0.29) is 11.8 Å². The lowest BCUT2D eigenvalue weighted by atomic mass is 10.1. The predicted molar refractivity (Wildman–Crippen MR) is 55.8 cm³/mol. The molecule has 1 unspecified atom stereocenters. The van der Waals surface area contributed by atoms with Crippen LogP contribution in [0.2, 0.25) is 0 Å². The summed E-state index contributed by atoms with van der Waals surface area (Å²) in [6.45, 7) is 1.69. The average molecular weight is 222 g/mol. The third-order valence-electron chi connectivity index (χ3n) is 2.49. The van der Waals surface area contributed by atoms with Gasteiger partial charge in [0.25, 0.3) is 5.69 Å². The van der Waals surface area contributed by atoms with Gasteiger partial charge in [-0.05, 0) is 5.56 Å². The Bertz CT molecular complexity index is 438. The van der Waals surface area contributed by atoms with Crippen LogP contribution in [-0.2, 0) is 4.84 Å². The van der Waals surface area contributed by atoms with E-state index in [1.54, 1.807) is 19.1 Å². The Morgan fingerprint density at radius 3 is 2.50 bits per heavy atom. The number of rotatable bonds is 2. The largest absolute Gasteiger partial charge is 0.395 e. The fourth-order valence-corrected chi connectivity index (χ4v) is 1.58. The van der Waals surface area contributed by atoms with Crippen LogP contribution < -0.4 is 0 Å².